The van der Waals surface area contributed by atoms with Gasteiger partial charge in [0.05, 0.1) is 44.7 Å². The van der Waals surface area contributed by atoms with Gasteiger partial charge in [0.2, 0.25) is 11.8 Å². The van der Waals surface area contributed by atoms with Gasteiger partial charge in [-0.2, -0.15) is 0 Å². The second-order valence-corrected chi connectivity index (χ2v) is 13.4. The normalized spacial score (nSPS) is 30.1. The van der Waals surface area contributed by atoms with Gasteiger partial charge in [0, 0.05) is 27.1 Å². The smallest absolute Gasteiger partial charge is 0.394 e. The molecule has 2 amide bonds. The minimum atomic E-state index is -4.36. The Morgan fingerprint density at radius 1 is 0.872 bits per heavy atom. The lowest BCUT2D eigenvalue weighted by atomic mass is 9.97. The Kier molecular flexibility index (Phi) is 19.3. The number of hydrogen-bond donors (Lipinski definition) is 7. The number of unbranched alkanes of at least 4 members (excludes halogenated alkanes) is 4. The zero-order valence-corrected chi connectivity index (χ0v) is 28.6. The molecule has 2 heterocycles. The molecule has 276 valence electrons. The van der Waals surface area contributed by atoms with Crippen LogP contribution in [0.3, 0.4) is 0 Å². The molecular formula is C29H55N2O15P. The number of carbonyl (C=O) groups is 2. The molecule has 2 aliphatic heterocycles. The van der Waals surface area contributed by atoms with E-state index in [4.69, 9.17) is 32.7 Å². The summed E-state index contributed by atoms with van der Waals surface area (Å²) in [6, 6.07) is -1.48. The molecule has 10 atom stereocenters. The number of carbonyl (C=O) groups excluding carboxylic acids is 2. The molecule has 47 heavy (non-hydrogen) atoms. The minimum Gasteiger partial charge on any atom is -0.394 e. The fourth-order valence-electron chi connectivity index (χ4n) is 5.17. The van der Waals surface area contributed by atoms with Crippen molar-refractivity contribution in [3.8, 4) is 0 Å². The van der Waals surface area contributed by atoms with Crippen LogP contribution in [0.15, 0.2) is 0 Å². The van der Waals surface area contributed by atoms with Gasteiger partial charge in [-0.15, -0.1) is 0 Å². The number of hydrogen-bond acceptors (Lipinski definition) is 14. The SMILES string of the molecule is CC(=O)N[C@@H]1CC[C@@H](CO)O[C@H]1OC(COCCCCCCCOC1O[C@H](CO)[C@H](O)[C@H](O)[C@H]1NC(C)=O)COP(=O)(O)OC(C)C. The zero-order chi connectivity index (χ0) is 35.0. The number of nitrogens with one attached hydrogen (secondary N) is 2. The second-order valence-electron chi connectivity index (χ2n) is 12.0. The maximum atomic E-state index is 12.3. The van der Waals surface area contributed by atoms with E-state index < -0.39 is 81.6 Å². The third-order valence-electron chi connectivity index (χ3n) is 7.41. The zero-order valence-electron chi connectivity index (χ0n) is 27.7. The van der Waals surface area contributed by atoms with Crippen molar-refractivity contribution < 1.29 is 72.2 Å². The number of aliphatic hydroxyl groups is 4. The molecule has 2 rings (SSSR count). The van der Waals surface area contributed by atoms with E-state index in [9.17, 15) is 39.5 Å². The number of amides is 2. The summed E-state index contributed by atoms with van der Waals surface area (Å²) >= 11 is 0. The summed E-state index contributed by atoms with van der Waals surface area (Å²) in [7, 11) is -4.36. The summed E-state index contributed by atoms with van der Waals surface area (Å²) < 4.78 is 51.3. The van der Waals surface area contributed by atoms with Crippen molar-refractivity contribution in [3.63, 3.8) is 0 Å². The standard InChI is InChI=1S/C29H55N2O15P/c1-18(2)46-47(38,39)42-17-22(44-28-23(30-19(3)34)11-10-21(14-32)43-28)16-40-12-8-6-5-7-9-13-41-29-25(31-20(4)35)27(37)26(36)24(15-33)45-29/h18,21-29,32-33,36-37H,5-17H2,1-4H3,(H,30,34)(H,31,35)(H,38,39)/t21-,22?,23+,24+,25+,26-,27+,28-,29?/m0/s1. The minimum absolute atomic E-state index is 0.00179. The van der Waals surface area contributed by atoms with Crippen molar-refractivity contribution in [2.45, 2.75) is 134 Å². The molecule has 0 saturated carbocycles. The van der Waals surface area contributed by atoms with E-state index in [1.54, 1.807) is 13.8 Å². The molecule has 18 heteroatoms. The van der Waals surface area contributed by atoms with Crippen LogP contribution < -0.4 is 10.6 Å². The summed E-state index contributed by atoms with van der Waals surface area (Å²) in [6.07, 6.45) is -2.75. The van der Waals surface area contributed by atoms with Crippen LogP contribution in [-0.2, 0) is 46.9 Å². The van der Waals surface area contributed by atoms with E-state index in [0.717, 1.165) is 19.3 Å². The fraction of sp³-hybridized carbons (Fsp3) is 0.931. The van der Waals surface area contributed by atoms with E-state index >= 15 is 0 Å². The van der Waals surface area contributed by atoms with Crippen LogP contribution >= 0.6 is 7.82 Å². The van der Waals surface area contributed by atoms with Gasteiger partial charge in [0.15, 0.2) is 12.6 Å². The molecule has 0 spiro atoms. The van der Waals surface area contributed by atoms with E-state index in [1.165, 1.54) is 13.8 Å². The molecule has 0 aliphatic carbocycles. The van der Waals surface area contributed by atoms with E-state index in [1.807, 2.05) is 0 Å². The first-order valence-corrected chi connectivity index (χ1v) is 17.7. The highest BCUT2D eigenvalue weighted by molar-refractivity contribution is 7.47. The van der Waals surface area contributed by atoms with Gasteiger partial charge < -0.3 is 59.6 Å². The van der Waals surface area contributed by atoms with Crippen LogP contribution in [-0.4, -0.2) is 138 Å². The monoisotopic (exact) mass is 702 g/mol. The molecule has 3 unspecified atom stereocenters. The van der Waals surface area contributed by atoms with Gasteiger partial charge in [-0.25, -0.2) is 4.57 Å². The van der Waals surface area contributed by atoms with Gasteiger partial charge >= 0.3 is 7.82 Å². The molecule has 2 fully saturated rings. The lowest BCUT2D eigenvalue weighted by Gasteiger charge is -2.42. The quantitative estimate of drug-likeness (QED) is 0.0573. The molecule has 0 radical (unpaired) electrons. The highest BCUT2D eigenvalue weighted by Crippen LogP contribution is 2.44. The van der Waals surface area contributed by atoms with Crippen LogP contribution in [0, 0.1) is 0 Å². The number of rotatable bonds is 22. The van der Waals surface area contributed by atoms with Gasteiger partial charge in [-0.05, 0) is 39.5 Å². The maximum absolute atomic E-state index is 12.3. The summed E-state index contributed by atoms with van der Waals surface area (Å²) in [6.45, 7) is 5.38. The first kappa shape index (κ1) is 41.9. The molecule has 0 bridgehead atoms. The summed E-state index contributed by atoms with van der Waals surface area (Å²) in [5.41, 5.74) is 0. The Morgan fingerprint density at radius 3 is 2.15 bits per heavy atom. The van der Waals surface area contributed by atoms with E-state index in [-0.39, 0.29) is 32.3 Å². The van der Waals surface area contributed by atoms with Crippen LogP contribution in [0.2, 0.25) is 0 Å². The number of phosphoric ester groups is 1. The highest BCUT2D eigenvalue weighted by atomic mass is 31.2. The van der Waals surface area contributed by atoms with Crippen LogP contribution in [0.5, 0.6) is 0 Å². The molecule has 2 saturated heterocycles. The molecule has 17 nitrogen and oxygen atoms in total. The maximum Gasteiger partial charge on any atom is 0.472 e. The summed E-state index contributed by atoms with van der Waals surface area (Å²) in [5.74, 6) is -0.699. The van der Waals surface area contributed by atoms with Gasteiger partial charge in [0.25, 0.3) is 0 Å². The second kappa shape index (κ2) is 21.7. The average molecular weight is 703 g/mol. The van der Waals surface area contributed by atoms with Crippen molar-refractivity contribution in [2.24, 2.45) is 0 Å². The first-order valence-electron chi connectivity index (χ1n) is 16.2. The fourth-order valence-corrected chi connectivity index (χ4v) is 6.12. The lowest BCUT2D eigenvalue weighted by Crippen LogP contribution is -2.64. The molecule has 0 aromatic carbocycles. The van der Waals surface area contributed by atoms with Crippen molar-refractivity contribution in [3.05, 3.63) is 0 Å². The topological polar surface area (TPSA) is 241 Å². The number of aliphatic hydroxyl groups excluding tert-OH is 4. The largest absolute Gasteiger partial charge is 0.472 e. The highest BCUT2D eigenvalue weighted by Gasteiger charge is 2.45. The predicted octanol–water partition coefficient (Wildman–Crippen LogP) is -0.157. The van der Waals surface area contributed by atoms with Crippen molar-refractivity contribution >= 4 is 19.6 Å². The van der Waals surface area contributed by atoms with Crippen molar-refractivity contribution in [2.75, 3.05) is 39.6 Å². The number of phosphoric acid groups is 1. The van der Waals surface area contributed by atoms with E-state index in [0.29, 0.717) is 32.3 Å². The summed E-state index contributed by atoms with van der Waals surface area (Å²) in [4.78, 5) is 33.3. The average Bonchev–Trinajstić information content (AvgIpc) is 2.99. The Hall–Kier alpha value is -1.31. The molecule has 0 aromatic rings. The van der Waals surface area contributed by atoms with Crippen LogP contribution in [0.4, 0.5) is 0 Å². The Labute approximate surface area is 276 Å². The van der Waals surface area contributed by atoms with Gasteiger partial charge in [-0.3, -0.25) is 18.6 Å². The molecule has 0 aromatic heterocycles. The number of ether oxygens (including phenoxy) is 5. The molecular weight excluding hydrogens is 647 g/mol. The Bertz CT molecular complexity index is 963. The third-order valence-corrected chi connectivity index (χ3v) is 8.57. The van der Waals surface area contributed by atoms with Crippen molar-refractivity contribution in [1.82, 2.24) is 10.6 Å². The van der Waals surface area contributed by atoms with Crippen LogP contribution in [0.25, 0.3) is 0 Å². The van der Waals surface area contributed by atoms with E-state index in [2.05, 4.69) is 10.6 Å². The Morgan fingerprint density at radius 2 is 1.53 bits per heavy atom. The molecule has 2 aliphatic rings. The Balaban J connectivity index is 1.78. The van der Waals surface area contributed by atoms with Crippen molar-refractivity contribution in [1.29, 1.82) is 0 Å². The summed E-state index contributed by atoms with van der Waals surface area (Å²) in [5, 5.41) is 44.8. The third kappa shape index (κ3) is 15.8. The van der Waals surface area contributed by atoms with Gasteiger partial charge in [0.1, 0.15) is 30.5 Å². The van der Waals surface area contributed by atoms with Gasteiger partial charge in [-0.1, -0.05) is 19.3 Å². The lowest BCUT2D eigenvalue weighted by molar-refractivity contribution is -0.270. The van der Waals surface area contributed by atoms with Crippen LogP contribution in [0.1, 0.15) is 72.6 Å². The molecule has 7 N–H and O–H groups in total. The first-order chi connectivity index (χ1) is 22.3. The predicted molar refractivity (Wildman–Crippen MR) is 165 cm³/mol.